The summed E-state index contributed by atoms with van der Waals surface area (Å²) in [4.78, 5) is 0. The molecule has 0 fully saturated rings. The Hall–Kier alpha value is -2.54. The van der Waals surface area contributed by atoms with Crippen LogP contribution in [0.25, 0.3) is 0 Å². The Labute approximate surface area is 124 Å². The van der Waals surface area contributed by atoms with Crippen molar-refractivity contribution in [2.24, 2.45) is 0 Å². The molecule has 0 radical (unpaired) electrons. The summed E-state index contributed by atoms with van der Waals surface area (Å²) < 4.78 is 19.2. The molecule has 0 heterocycles. The highest BCUT2D eigenvalue weighted by Gasteiger charge is 2.13. The van der Waals surface area contributed by atoms with Gasteiger partial charge in [-0.2, -0.15) is 5.26 Å². The first-order valence-electron chi connectivity index (χ1n) is 6.88. The Morgan fingerprint density at radius 3 is 2.76 bits per heavy atom. The molecule has 0 spiro atoms. The maximum absolute atomic E-state index is 13.7. The van der Waals surface area contributed by atoms with Crippen LogP contribution in [0.3, 0.4) is 0 Å². The van der Waals surface area contributed by atoms with Crippen molar-refractivity contribution in [1.29, 1.82) is 5.26 Å². The number of rotatable bonds is 6. The van der Waals surface area contributed by atoms with Gasteiger partial charge in [-0.25, -0.2) is 4.39 Å². The third kappa shape index (κ3) is 3.96. The summed E-state index contributed by atoms with van der Waals surface area (Å²) in [7, 11) is 0. The van der Waals surface area contributed by atoms with Crippen LogP contribution in [-0.4, -0.2) is 6.61 Å². The Morgan fingerprint density at radius 1 is 1.24 bits per heavy atom. The van der Waals surface area contributed by atoms with E-state index >= 15 is 0 Å². The quantitative estimate of drug-likeness (QED) is 0.860. The number of halogens is 1. The molecule has 2 aromatic rings. The summed E-state index contributed by atoms with van der Waals surface area (Å²) in [5.74, 6) is 0.334. The lowest BCUT2D eigenvalue weighted by Gasteiger charge is -2.15. The zero-order valence-electron chi connectivity index (χ0n) is 11.8. The van der Waals surface area contributed by atoms with Crippen LogP contribution >= 0.6 is 0 Å². The lowest BCUT2D eigenvalue weighted by molar-refractivity contribution is 0.317. The second kappa shape index (κ2) is 7.30. The molecule has 2 rings (SSSR count). The lowest BCUT2D eigenvalue weighted by Crippen LogP contribution is -2.10. The monoisotopic (exact) mass is 284 g/mol. The minimum atomic E-state index is -0.632. The molecular formula is C17H17FN2O. The van der Waals surface area contributed by atoms with E-state index in [1.807, 2.05) is 25.1 Å². The predicted molar refractivity (Wildman–Crippen MR) is 80.6 cm³/mol. The molecule has 21 heavy (non-hydrogen) atoms. The van der Waals surface area contributed by atoms with Crippen LogP contribution in [0.2, 0.25) is 0 Å². The van der Waals surface area contributed by atoms with Crippen molar-refractivity contribution in [3.8, 4) is 11.8 Å². The average Bonchev–Trinajstić information content (AvgIpc) is 2.52. The largest absolute Gasteiger partial charge is 0.494 e. The SMILES string of the molecule is CCCOc1cccc(C(C#N)Nc2ccccc2F)c1. The van der Waals surface area contributed by atoms with Crippen LogP contribution in [0.15, 0.2) is 48.5 Å². The Morgan fingerprint density at radius 2 is 2.05 bits per heavy atom. The van der Waals surface area contributed by atoms with Gasteiger partial charge in [0.25, 0.3) is 0 Å². The van der Waals surface area contributed by atoms with Gasteiger partial charge in [0.1, 0.15) is 17.6 Å². The van der Waals surface area contributed by atoms with Crippen molar-refractivity contribution in [1.82, 2.24) is 0 Å². The zero-order valence-corrected chi connectivity index (χ0v) is 11.8. The van der Waals surface area contributed by atoms with Gasteiger partial charge in [-0.05, 0) is 36.2 Å². The van der Waals surface area contributed by atoms with E-state index in [1.54, 1.807) is 24.3 Å². The van der Waals surface area contributed by atoms with Gasteiger partial charge in [0.2, 0.25) is 0 Å². The molecule has 0 aromatic heterocycles. The van der Waals surface area contributed by atoms with Gasteiger partial charge in [0.05, 0.1) is 18.4 Å². The summed E-state index contributed by atoms with van der Waals surface area (Å²) in [5, 5.41) is 12.2. The molecule has 0 aliphatic rings. The number of ether oxygens (including phenoxy) is 1. The lowest BCUT2D eigenvalue weighted by atomic mass is 10.1. The van der Waals surface area contributed by atoms with Gasteiger partial charge >= 0.3 is 0 Å². The van der Waals surface area contributed by atoms with Crippen LogP contribution in [0, 0.1) is 17.1 Å². The highest BCUT2D eigenvalue weighted by molar-refractivity contribution is 5.49. The molecule has 4 heteroatoms. The van der Waals surface area contributed by atoms with Gasteiger partial charge in [0, 0.05) is 0 Å². The fourth-order valence-electron chi connectivity index (χ4n) is 1.93. The summed E-state index contributed by atoms with van der Waals surface area (Å²) in [6.07, 6.45) is 0.916. The minimum absolute atomic E-state index is 0.309. The summed E-state index contributed by atoms with van der Waals surface area (Å²) in [6.45, 7) is 2.66. The second-order valence-corrected chi connectivity index (χ2v) is 4.61. The van der Waals surface area contributed by atoms with Gasteiger partial charge in [-0.3, -0.25) is 0 Å². The highest BCUT2D eigenvalue weighted by Crippen LogP contribution is 2.24. The van der Waals surface area contributed by atoms with E-state index in [1.165, 1.54) is 6.07 Å². The van der Waals surface area contributed by atoms with Crippen molar-refractivity contribution in [3.05, 3.63) is 59.9 Å². The number of hydrogen-bond donors (Lipinski definition) is 1. The maximum Gasteiger partial charge on any atom is 0.146 e. The number of hydrogen-bond acceptors (Lipinski definition) is 3. The third-order valence-electron chi connectivity index (χ3n) is 2.97. The number of para-hydroxylation sites is 1. The van der Waals surface area contributed by atoms with Crippen LogP contribution in [0.1, 0.15) is 24.9 Å². The van der Waals surface area contributed by atoms with Gasteiger partial charge in [-0.1, -0.05) is 31.2 Å². The highest BCUT2D eigenvalue weighted by atomic mass is 19.1. The Bertz CT molecular complexity index is 637. The molecule has 1 N–H and O–H groups in total. The zero-order chi connectivity index (χ0) is 15.1. The van der Waals surface area contributed by atoms with Gasteiger partial charge in [0.15, 0.2) is 0 Å². The normalized spacial score (nSPS) is 11.5. The second-order valence-electron chi connectivity index (χ2n) is 4.61. The number of nitrogens with zero attached hydrogens (tertiary/aromatic N) is 1. The van der Waals surface area contributed by atoms with E-state index in [4.69, 9.17) is 4.74 Å². The molecule has 1 unspecified atom stereocenters. The first-order valence-corrected chi connectivity index (χ1v) is 6.88. The summed E-state index contributed by atoms with van der Waals surface area (Å²) in [5.41, 5.74) is 1.05. The molecule has 0 bridgehead atoms. The van der Waals surface area contributed by atoms with Crippen molar-refractivity contribution in [2.45, 2.75) is 19.4 Å². The molecule has 0 saturated carbocycles. The van der Waals surface area contributed by atoms with Crippen LogP contribution in [0.5, 0.6) is 5.75 Å². The molecule has 0 saturated heterocycles. The smallest absolute Gasteiger partial charge is 0.146 e. The molecular weight excluding hydrogens is 267 g/mol. The predicted octanol–water partition coefficient (Wildman–Crippen LogP) is 4.29. The first-order chi connectivity index (χ1) is 10.2. The molecule has 0 aliphatic carbocycles. The number of benzene rings is 2. The van der Waals surface area contributed by atoms with E-state index in [2.05, 4.69) is 11.4 Å². The molecule has 1 atom stereocenters. The van der Waals surface area contributed by atoms with Gasteiger partial charge in [-0.15, -0.1) is 0 Å². The summed E-state index contributed by atoms with van der Waals surface area (Å²) >= 11 is 0. The van der Waals surface area contributed by atoms with Crippen molar-refractivity contribution in [3.63, 3.8) is 0 Å². The van der Waals surface area contributed by atoms with E-state index in [0.29, 0.717) is 18.0 Å². The van der Waals surface area contributed by atoms with E-state index < -0.39 is 6.04 Å². The topological polar surface area (TPSA) is 45.0 Å². The molecule has 0 amide bonds. The molecule has 108 valence electrons. The Balaban J connectivity index is 2.18. The van der Waals surface area contributed by atoms with E-state index in [0.717, 1.165) is 12.0 Å². The minimum Gasteiger partial charge on any atom is -0.494 e. The molecule has 2 aromatic carbocycles. The van der Waals surface area contributed by atoms with Crippen molar-refractivity contribution in [2.75, 3.05) is 11.9 Å². The molecule has 0 aliphatic heterocycles. The summed E-state index contributed by atoms with van der Waals surface area (Å²) in [6, 6.07) is 15.1. The Kier molecular flexibility index (Phi) is 5.16. The number of nitriles is 1. The third-order valence-corrected chi connectivity index (χ3v) is 2.97. The van der Waals surface area contributed by atoms with Gasteiger partial charge < -0.3 is 10.1 Å². The first kappa shape index (κ1) is 14.9. The van der Waals surface area contributed by atoms with Crippen LogP contribution in [0.4, 0.5) is 10.1 Å². The van der Waals surface area contributed by atoms with Crippen molar-refractivity contribution < 1.29 is 9.13 Å². The number of anilines is 1. The van der Waals surface area contributed by atoms with E-state index in [-0.39, 0.29) is 5.82 Å². The molecule has 3 nitrogen and oxygen atoms in total. The van der Waals surface area contributed by atoms with Crippen LogP contribution < -0.4 is 10.1 Å². The maximum atomic E-state index is 13.7. The number of nitrogens with one attached hydrogen (secondary N) is 1. The van der Waals surface area contributed by atoms with E-state index in [9.17, 15) is 9.65 Å². The van der Waals surface area contributed by atoms with Crippen LogP contribution in [-0.2, 0) is 0 Å². The fourth-order valence-corrected chi connectivity index (χ4v) is 1.93. The standard InChI is InChI=1S/C17H17FN2O/c1-2-10-21-14-7-5-6-13(11-14)17(12-19)20-16-9-4-3-8-15(16)18/h3-9,11,17,20H,2,10H2,1H3. The fraction of sp³-hybridized carbons (Fsp3) is 0.235. The van der Waals surface area contributed by atoms with Crippen molar-refractivity contribution >= 4 is 5.69 Å². The average molecular weight is 284 g/mol.